The predicted octanol–water partition coefficient (Wildman–Crippen LogP) is 0.740. The molecule has 0 unspecified atom stereocenters. The van der Waals surface area contributed by atoms with Gasteiger partial charge < -0.3 is 10.3 Å². The summed E-state index contributed by atoms with van der Waals surface area (Å²) >= 11 is 0. The van der Waals surface area contributed by atoms with Crippen molar-refractivity contribution in [2.75, 3.05) is 5.73 Å². The number of nitrogens with two attached hydrogens (primary N) is 1. The van der Waals surface area contributed by atoms with Gasteiger partial charge in [-0.25, -0.2) is 4.57 Å². The first-order valence-electron chi connectivity index (χ1n) is 3.08. The van der Waals surface area contributed by atoms with Crippen molar-refractivity contribution in [2.45, 2.75) is 0 Å². The zero-order valence-electron chi connectivity index (χ0n) is 6.54. The molecule has 70 valence electrons. The second-order valence-electron chi connectivity index (χ2n) is 2.15. The molecular formula is C6H8CeNO4P. The van der Waals surface area contributed by atoms with E-state index in [4.69, 9.17) is 15.5 Å². The number of nitrogen functional groups attached to an aromatic ring is 1. The van der Waals surface area contributed by atoms with Crippen LogP contribution in [0.4, 0.5) is 5.69 Å². The first-order chi connectivity index (χ1) is 5.47. The molecule has 0 bridgehead atoms. The van der Waals surface area contributed by atoms with Crippen LogP contribution in [-0.4, -0.2) is 9.79 Å². The van der Waals surface area contributed by atoms with Crippen molar-refractivity contribution in [1.29, 1.82) is 0 Å². The second kappa shape index (κ2) is 5.28. The quantitative estimate of drug-likeness (QED) is 0.550. The SMILES string of the molecule is Nc1cccc(OP(=O)(O)O)c1.[Ce]. The third kappa shape index (κ3) is 5.61. The van der Waals surface area contributed by atoms with Gasteiger partial charge in [-0.15, -0.1) is 0 Å². The molecule has 0 aliphatic rings. The van der Waals surface area contributed by atoms with Crippen molar-refractivity contribution >= 4 is 13.5 Å². The van der Waals surface area contributed by atoms with Crippen LogP contribution in [-0.2, 0) is 4.57 Å². The van der Waals surface area contributed by atoms with Crippen molar-refractivity contribution in [3.05, 3.63) is 24.3 Å². The van der Waals surface area contributed by atoms with Gasteiger partial charge in [0, 0.05) is 53.5 Å². The third-order valence-corrected chi connectivity index (χ3v) is 1.53. The molecule has 5 nitrogen and oxygen atoms in total. The van der Waals surface area contributed by atoms with Crippen molar-refractivity contribution in [3.8, 4) is 5.75 Å². The molecule has 0 heterocycles. The fourth-order valence-corrected chi connectivity index (χ4v) is 1.10. The Kier molecular flexibility index (Phi) is 5.42. The molecule has 0 spiro atoms. The topological polar surface area (TPSA) is 92.8 Å². The van der Waals surface area contributed by atoms with E-state index in [2.05, 4.69) is 4.52 Å². The van der Waals surface area contributed by atoms with Crippen LogP contribution < -0.4 is 10.3 Å². The Labute approximate surface area is 109 Å². The maximum atomic E-state index is 10.3. The van der Waals surface area contributed by atoms with E-state index >= 15 is 0 Å². The van der Waals surface area contributed by atoms with Crippen LogP contribution in [0.1, 0.15) is 0 Å². The molecule has 0 saturated carbocycles. The van der Waals surface area contributed by atoms with E-state index in [1.165, 1.54) is 12.1 Å². The fourth-order valence-electron chi connectivity index (χ4n) is 0.709. The largest absolute Gasteiger partial charge is 0.524 e. The van der Waals surface area contributed by atoms with Crippen LogP contribution in [0.25, 0.3) is 0 Å². The van der Waals surface area contributed by atoms with Crippen LogP contribution in [0.3, 0.4) is 0 Å². The molecule has 0 amide bonds. The molecule has 0 aliphatic carbocycles. The molecule has 13 heavy (non-hydrogen) atoms. The van der Waals surface area contributed by atoms with Crippen LogP contribution in [0.5, 0.6) is 5.75 Å². The van der Waals surface area contributed by atoms with Gasteiger partial charge in [0.25, 0.3) is 0 Å². The Balaban J connectivity index is 0.00000144. The van der Waals surface area contributed by atoms with E-state index in [0.29, 0.717) is 5.69 Å². The minimum Gasteiger partial charge on any atom is -0.404 e. The summed E-state index contributed by atoms with van der Waals surface area (Å²) in [6, 6.07) is 5.88. The van der Waals surface area contributed by atoms with Crippen LogP contribution in [0.15, 0.2) is 24.3 Å². The average Bonchev–Trinajstić information content (AvgIpc) is 1.82. The molecule has 0 aromatic heterocycles. The zero-order valence-corrected chi connectivity index (χ0v) is 10.6. The molecular weight excluding hydrogens is 321 g/mol. The van der Waals surface area contributed by atoms with Gasteiger partial charge in [-0.3, -0.25) is 9.79 Å². The first kappa shape index (κ1) is 13.3. The van der Waals surface area contributed by atoms with Gasteiger partial charge in [0.15, 0.2) is 0 Å². The monoisotopic (exact) mass is 329 g/mol. The molecule has 1 rings (SSSR count). The van der Waals surface area contributed by atoms with Crippen molar-refractivity contribution < 1.29 is 60.6 Å². The summed E-state index contributed by atoms with van der Waals surface area (Å²) in [7, 11) is -4.46. The molecule has 4 N–H and O–H groups in total. The Morgan fingerprint density at radius 2 is 2.00 bits per heavy atom. The van der Waals surface area contributed by atoms with E-state index in [-0.39, 0.29) is 47.5 Å². The minimum atomic E-state index is -4.46. The van der Waals surface area contributed by atoms with Gasteiger partial charge in [0.05, 0.1) is 0 Å². The van der Waals surface area contributed by atoms with Crippen LogP contribution in [0.2, 0.25) is 0 Å². The van der Waals surface area contributed by atoms with Crippen molar-refractivity contribution in [2.24, 2.45) is 0 Å². The molecule has 0 aliphatic heterocycles. The normalized spacial score (nSPS) is 10.3. The van der Waals surface area contributed by atoms with Gasteiger partial charge in [-0.05, 0) is 12.1 Å². The smallest absolute Gasteiger partial charge is 0.404 e. The predicted molar refractivity (Wildman–Crippen MR) is 43.5 cm³/mol. The van der Waals surface area contributed by atoms with Crippen LogP contribution in [0, 0.1) is 41.7 Å². The van der Waals surface area contributed by atoms with E-state index in [9.17, 15) is 4.57 Å². The Hall–Kier alpha value is 0.347. The summed E-state index contributed by atoms with van der Waals surface area (Å²) in [6.07, 6.45) is 0. The molecule has 0 atom stereocenters. The first-order valence-corrected chi connectivity index (χ1v) is 4.61. The van der Waals surface area contributed by atoms with Gasteiger partial charge >= 0.3 is 7.82 Å². The third-order valence-electron chi connectivity index (χ3n) is 1.08. The number of hydrogen-bond acceptors (Lipinski definition) is 3. The van der Waals surface area contributed by atoms with Crippen molar-refractivity contribution in [1.82, 2.24) is 0 Å². The van der Waals surface area contributed by atoms with Crippen molar-refractivity contribution in [3.63, 3.8) is 0 Å². The molecule has 7 heteroatoms. The van der Waals surface area contributed by atoms with Crippen LogP contribution >= 0.6 is 7.82 Å². The summed E-state index contributed by atoms with van der Waals surface area (Å²) in [4.78, 5) is 16.8. The Morgan fingerprint density at radius 1 is 1.38 bits per heavy atom. The summed E-state index contributed by atoms with van der Waals surface area (Å²) < 4.78 is 14.6. The summed E-state index contributed by atoms with van der Waals surface area (Å²) in [5.74, 6) is 0.0586. The van der Waals surface area contributed by atoms with Gasteiger partial charge in [0.1, 0.15) is 5.75 Å². The Bertz CT molecular complexity index is 326. The molecule has 1 aromatic carbocycles. The van der Waals surface area contributed by atoms with Gasteiger partial charge in [0.2, 0.25) is 0 Å². The summed E-state index contributed by atoms with van der Waals surface area (Å²) in [5.41, 5.74) is 5.73. The Morgan fingerprint density at radius 3 is 2.46 bits per heavy atom. The number of phosphoric acid groups is 1. The number of phosphoric ester groups is 1. The number of benzene rings is 1. The maximum Gasteiger partial charge on any atom is 0.524 e. The molecule has 0 saturated heterocycles. The number of anilines is 1. The fraction of sp³-hybridized carbons (Fsp3) is 0. The summed E-state index contributed by atoms with van der Waals surface area (Å²) in [6.45, 7) is 0. The van der Waals surface area contributed by atoms with Gasteiger partial charge in [-0.1, -0.05) is 6.07 Å². The minimum absolute atomic E-state index is 0. The van der Waals surface area contributed by atoms with Gasteiger partial charge in [-0.2, -0.15) is 0 Å². The average molecular weight is 329 g/mol. The number of rotatable bonds is 2. The maximum absolute atomic E-state index is 10.3. The van der Waals surface area contributed by atoms with E-state index in [1.54, 1.807) is 12.1 Å². The molecule has 1 aromatic rings. The molecule has 0 fully saturated rings. The summed E-state index contributed by atoms with van der Waals surface area (Å²) in [5, 5.41) is 0. The second-order valence-corrected chi connectivity index (χ2v) is 3.32. The molecule has 0 radical (unpaired) electrons. The number of hydrogen-bond donors (Lipinski definition) is 3. The standard InChI is InChI=1S/C6H8NO4P.Ce/c7-5-2-1-3-6(4-5)11-12(8,9)10;/h1-4H,7H2,(H2,8,9,10);. The van der Waals surface area contributed by atoms with E-state index in [0.717, 1.165) is 0 Å². The zero-order chi connectivity index (χ0) is 9.19. The van der Waals surface area contributed by atoms with E-state index in [1.807, 2.05) is 0 Å². The van der Waals surface area contributed by atoms with E-state index < -0.39 is 7.82 Å².